The summed E-state index contributed by atoms with van der Waals surface area (Å²) in [5, 5.41) is 0. The summed E-state index contributed by atoms with van der Waals surface area (Å²) in [5.74, 6) is 0. The Morgan fingerprint density at radius 1 is 1.67 bits per heavy atom. The van der Waals surface area contributed by atoms with Crippen molar-refractivity contribution in [2.45, 2.75) is 0 Å². The average Bonchev–Trinajstić information content (AvgIpc) is 1.72. The van der Waals surface area contributed by atoms with Crippen LogP contribution in [0.1, 0.15) is 1.43 Å². The fourth-order valence-electron chi connectivity index (χ4n) is 0.277. The summed E-state index contributed by atoms with van der Waals surface area (Å²) in [7, 11) is 0. The average molecular weight is 79.1 g/mol. The summed E-state index contributed by atoms with van der Waals surface area (Å²) in [6.45, 7) is 0. The van der Waals surface area contributed by atoms with Crippen LogP contribution in [0.4, 0.5) is 0 Å². The summed E-state index contributed by atoms with van der Waals surface area (Å²) in [6, 6.07) is 6.43. The van der Waals surface area contributed by atoms with Crippen LogP contribution in [0.25, 0.3) is 0 Å². The fraction of sp³-hybridized carbons (Fsp3) is 0. The molecule has 29 valence electrons. The zero-order valence-corrected chi connectivity index (χ0v) is 3.26. The van der Waals surface area contributed by atoms with E-state index >= 15 is 0 Å². The first-order chi connectivity index (χ1) is 3.00. The number of rotatable bonds is 0. The summed E-state index contributed by atoms with van der Waals surface area (Å²) in [5.41, 5.74) is 0. The van der Waals surface area contributed by atoms with E-state index in [9.17, 15) is 0 Å². The minimum absolute atomic E-state index is 0. The summed E-state index contributed by atoms with van der Waals surface area (Å²) >= 11 is 0. The fourth-order valence-corrected chi connectivity index (χ4v) is 0.277. The quantitative estimate of drug-likeness (QED) is 0.452. The Balaban J connectivity index is 0.000000360. The van der Waals surface area contributed by atoms with E-state index in [2.05, 4.69) is 11.1 Å². The monoisotopic (exact) mass is 79.0 g/mol. The van der Waals surface area contributed by atoms with Crippen LogP contribution < -0.4 is 0 Å². The lowest BCUT2D eigenvalue weighted by Gasteiger charge is -1.69. The van der Waals surface area contributed by atoms with Crippen molar-refractivity contribution < 1.29 is 1.43 Å². The second-order valence-corrected chi connectivity index (χ2v) is 0.953. The van der Waals surface area contributed by atoms with Gasteiger partial charge in [0.15, 0.2) is 0 Å². The third kappa shape index (κ3) is 0.549. The number of pyridine rings is 1. The lowest BCUT2D eigenvalue weighted by atomic mass is 10.5. The van der Waals surface area contributed by atoms with Crippen molar-refractivity contribution in [1.82, 2.24) is 4.98 Å². The van der Waals surface area contributed by atoms with Crippen LogP contribution in [0.3, 0.4) is 0 Å². The molecule has 1 aromatic rings. The van der Waals surface area contributed by atoms with Crippen LogP contribution >= 0.6 is 0 Å². The van der Waals surface area contributed by atoms with Gasteiger partial charge < -0.3 is 0 Å². The van der Waals surface area contributed by atoms with E-state index < -0.39 is 0 Å². The summed E-state index contributed by atoms with van der Waals surface area (Å²) in [6.07, 6.45) is 3.34. The van der Waals surface area contributed by atoms with Gasteiger partial charge in [0.05, 0.1) is 0 Å². The molecule has 1 aromatic heterocycles. The topological polar surface area (TPSA) is 12.9 Å². The molecule has 0 aliphatic rings. The summed E-state index contributed by atoms with van der Waals surface area (Å²) < 4.78 is 0. The standard InChI is InChI=1S/C5H4N/c1-2-4-6-5-3-1/h1-2,4-5H/p+1. The molecule has 1 radical (unpaired) electrons. The van der Waals surface area contributed by atoms with Gasteiger partial charge in [0.25, 0.3) is 0 Å². The van der Waals surface area contributed by atoms with Crippen LogP contribution in [0.15, 0.2) is 24.5 Å². The van der Waals surface area contributed by atoms with Gasteiger partial charge in [-0.25, -0.2) is 0 Å². The molecule has 0 aromatic carbocycles. The van der Waals surface area contributed by atoms with Crippen LogP contribution in [-0.4, -0.2) is 4.98 Å². The highest BCUT2D eigenvalue weighted by atomic mass is 14.6. The third-order valence-electron chi connectivity index (χ3n) is 0.514. The molecule has 0 amide bonds. The maximum absolute atomic E-state index is 3.73. The van der Waals surface area contributed by atoms with E-state index in [1.165, 1.54) is 0 Å². The highest BCUT2D eigenvalue weighted by molar-refractivity contribution is 4.86. The Hall–Kier alpha value is -0.850. The molecule has 1 rings (SSSR count). The Morgan fingerprint density at radius 3 is 2.83 bits per heavy atom. The van der Waals surface area contributed by atoms with E-state index in [0.29, 0.717) is 0 Å². The summed E-state index contributed by atoms with van der Waals surface area (Å²) in [4.78, 5) is 3.73. The molecule has 0 aliphatic carbocycles. The van der Waals surface area contributed by atoms with Crippen LogP contribution in [0, 0.1) is 6.07 Å². The van der Waals surface area contributed by atoms with E-state index in [1.807, 2.05) is 12.1 Å². The molecule has 1 heteroatoms. The third-order valence-corrected chi connectivity index (χ3v) is 0.514. The van der Waals surface area contributed by atoms with E-state index in [-0.39, 0.29) is 1.43 Å². The lowest BCUT2D eigenvalue weighted by Crippen LogP contribution is -1.59. The largest absolute Gasteiger partial charge is 1.00 e. The Kier molecular flexibility index (Phi) is 0.865. The predicted molar refractivity (Wildman–Crippen MR) is 24.2 cm³/mol. The predicted octanol–water partition coefficient (Wildman–Crippen LogP) is 0.994. The van der Waals surface area contributed by atoms with Gasteiger partial charge in [-0.1, -0.05) is 6.07 Å². The van der Waals surface area contributed by atoms with Gasteiger partial charge in [-0.15, -0.1) is 0 Å². The van der Waals surface area contributed by atoms with Gasteiger partial charge in [0.2, 0.25) is 0 Å². The van der Waals surface area contributed by atoms with Crippen LogP contribution in [0.5, 0.6) is 0 Å². The molecule has 0 N–H and O–H groups in total. The van der Waals surface area contributed by atoms with Crippen molar-refractivity contribution in [3.63, 3.8) is 0 Å². The second kappa shape index (κ2) is 1.55. The van der Waals surface area contributed by atoms with Crippen molar-refractivity contribution in [3.05, 3.63) is 30.6 Å². The van der Waals surface area contributed by atoms with Gasteiger partial charge in [-0.3, -0.25) is 4.98 Å². The van der Waals surface area contributed by atoms with Gasteiger partial charge >= 0.3 is 1.43 Å². The number of hydrogen-bond donors (Lipinski definition) is 0. The molecular weight excluding hydrogens is 74.1 g/mol. The number of nitrogens with zero attached hydrogens (tertiary/aromatic N) is 1. The molecule has 0 aliphatic heterocycles. The number of aromatic nitrogens is 1. The molecule has 0 bridgehead atoms. The van der Waals surface area contributed by atoms with Crippen molar-refractivity contribution >= 4 is 0 Å². The smallest absolute Gasteiger partial charge is 0.264 e. The molecule has 0 spiro atoms. The Labute approximate surface area is 38.1 Å². The van der Waals surface area contributed by atoms with Crippen molar-refractivity contribution in [2.75, 3.05) is 0 Å². The molecule has 6 heavy (non-hydrogen) atoms. The van der Waals surface area contributed by atoms with Gasteiger partial charge in [-0.05, 0) is 6.07 Å². The first kappa shape index (κ1) is 3.34. The second-order valence-electron chi connectivity index (χ2n) is 0.953. The van der Waals surface area contributed by atoms with Crippen molar-refractivity contribution in [3.8, 4) is 0 Å². The first-order valence-electron chi connectivity index (χ1n) is 1.76. The zero-order chi connectivity index (χ0) is 4.24. The molecule has 0 fully saturated rings. The molecule has 0 saturated heterocycles. The van der Waals surface area contributed by atoms with Crippen LogP contribution in [-0.2, 0) is 0 Å². The number of hydrogen-bond acceptors (Lipinski definition) is 1. The maximum Gasteiger partial charge on any atom is 1.00 e. The molecule has 0 saturated carbocycles. The maximum atomic E-state index is 3.73. The Morgan fingerprint density at radius 2 is 2.67 bits per heavy atom. The minimum Gasteiger partial charge on any atom is -0.264 e. The zero-order valence-electron chi connectivity index (χ0n) is 4.26. The lowest BCUT2D eigenvalue weighted by molar-refractivity contribution is 1.32. The molecular formula is C5H5N+. The first-order valence-corrected chi connectivity index (χ1v) is 1.76. The SMILES string of the molecule is [H+].[c]1cccnc1. The molecule has 1 nitrogen and oxygen atoms in total. The molecule has 1 heterocycles. The van der Waals surface area contributed by atoms with Gasteiger partial charge in [-0.2, -0.15) is 0 Å². The minimum atomic E-state index is 0. The normalized spacial score (nSPS) is 8.00. The highest BCUT2D eigenvalue weighted by Gasteiger charge is 1.59. The van der Waals surface area contributed by atoms with Crippen molar-refractivity contribution in [1.29, 1.82) is 0 Å². The van der Waals surface area contributed by atoms with Gasteiger partial charge in [0, 0.05) is 18.5 Å². The van der Waals surface area contributed by atoms with Crippen molar-refractivity contribution in [2.24, 2.45) is 0 Å². The van der Waals surface area contributed by atoms with E-state index in [1.54, 1.807) is 12.4 Å². The molecule has 0 unspecified atom stereocenters. The Bertz CT molecular complexity index is 80.0. The van der Waals surface area contributed by atoms with Gasteiger partial charge in [0.1, 0.15) is 0 Å². The molecule has 0 atom stereocenters. The highest BCUT2D eigenvalue weighted by Crippen LogP contribution is 1.72. The van der Waals surface area contributed by atoms with Crippen LogP contribution in [0.2, 0.25) is 0 Å². The van der Waals surface area contributed by atoms with E-state index in [4.69, 9.17) is 0 Å². The van der Waals surface area contributed by atoms with E-state index in [0.717, 1.165) is 0 Å².